The van der Waals surface area contributed by atoms with Gasteiger partial charge in [0.1, 0.15) is 5.65 Å². The van der Waals surface area contributed by atoms with Gasteiger partial charge >= 0.3 is 5.69 Å². The van der Waals surface area contributed by atoms with E-state index in [2.05, 4.69) is 16.0 Å². The highest BCUT2D eigenvalue weighted by Gasteiger charge is 2.19. The first-order valence-electron chi connectivity index (χ1n) is 7.08. The number of nitrogens with zero attached hydrogens (tertiary/aromatic N) is 3. The van der Waals surface area contributed by atoms with Gasteiger partial charge in [-0.2, -0.15) is 0 Å². The van der Waals surface area contributed by atoms with Gasteiger partial charge in [-0.15, -0.1) is 0 Å². The van der Waals surface area contributed by atoms with Gasteiger partial charge in [0.25, 0.3) is 0 Å². The third kappa shape index (κ3) is 1.70. The predicted octanol–water partition coefficient (Wildman–Crippen LogP) is 2.32. The number of pyridine rings is 1. The molecule has 0 amide bonds. The molecule has 1 aliphatic rings. The molecule has 0 aromatic carbocycles. The molecular formula is C16H16N4O. The van der Waals surface area contributed by atoms with Gasteiger partial charge in [-0.1, -0.05) is 6.08 Å². The summed E-state index contributed by atoms with van der Waals surface area (Å²) in [5.74, 6) is 0. The summed E-state index contributed by atoms with van der Waals surface area (Å²) < 4.78 is 3.49. The van der Waals surface area contributed by atoms with E-state index in [1.54, 1.807) is 15.3 Å². The molecule has 0 saturated heterocycles. The Morgan fingerprint density at radius 3 is 3.05 bits per heavy atom. The number of fused-ring (bicyclic) bond motifs is 2. The van der Waals surface area contributed by atoms with Crippen LogP contribution in [0.2, 0.25) is 0 Å². The first kappa shape index (κ1) is 12.2. The van der Waals surface area contributed by atoms with E-state index in [9.17, 15) is 4.79 Å². The predicted molar refractivity (Wildman–Crippen MR) is 82.8 cm³/mol. The Kier molecular flexibility index (Phi) is 2.45. The molecule has 0 unspecified atom stereocenters. The molecular weight excluding hydrogens is 264 g/mol. The number of allylic oxidation sites excluding steroid dienone is 1. The van der Waals surface area contributed by atoms with Crippen molar-refractivity contribution < 1.29 is 0 Å². The SMILES string of the molecule is Cc1cc2cc(-n3c4c(n(C)c3=O)C=CCC4)cnc2[nH]1. The van der Waals surface area contributed by atoms with Crippen LogP contribution in [0.25, 0.3) is 22.8 Å². The Morgan fingerprint density at radius 2 is 2.19 bits per heavy atom. The van der Waals surface area contributed by atoms with Crippen molar-refractivity contribution in [2.24, 2.45) is 7.05 Å². The Balaban J connectivity index is 2.00. The molecule has 1 aliphatic carbocycles. The highest BCUT2D eigenvalue weighted by molar-refractivity contribution is 5.78. The molecule has 0 fully saturated rings. The van der Waals surface area contributed by atoms with Crippen LogP contribution in [-0.2, 0) is 13.5 Å². The number of hydrogen-bond acceptors (Lipinski definition) is 2. The highest BCUT2D eigenvalue weighted by atomic mass is 16.1. The summed E-state index contributed by atoms with van der Waals surface area (Å²) in [4.78, 5) is 20.2. The summed E-state index contributed by atoms with van der Waals surface area (Å²) in [6, 6.07) is 4.07. The Morgan fingerprint density at radius 1 is 1.33 bits per heavy atom. The van der Waals surface area contributed by atoms with Crippen LogP contribution in [0.5, 0.6) is 0 Å². The van der Waals surface area contributed by atoms with E-state index >= 15 is 0 Å². The Labute approximate surface area is 121 Å². The van der Waals surface area contributed by atoms with Crippen LogP contribution in [0.1, 0.15) is 23.5 Å². The fraction of sp³-hybridized carbons (Fsp3) is 0.250. The van der Waals surface area contributed by atoms with Gasteiger partial charge in [-0.3, -0.25) is 9.13 Å². The van der Waals surface area contributed by atoms with Gasteiger partial charge in [-0.25, -0.2) is 9.78 Å². The second-order valence-corrected chi connectivity index (χ2v) is 5.53. The maximum absolute atomic E-state index is 12.6. The molecule has 1 N–H and O–H groups in total. The lowest BCUT2D eigenvalue weighted by molar-refractivity contribution is 0.810. The normalized spacial score (nSPS) is 13.8. The minimum absolute atomic E-state index is 0.0139. The van der Waals surface area contributed by atoms with Crippen molar-refractivity contribution in [2.75, 3.05) is 0 Å². The van der Waals surface area contributed by atoms with Crippen LogP contribution in [0, 0.1) is 6.92 Å². The van der Waals surface area contributed by atoms with Gasteiger partial charge in [-0.05, 0) is 38.0 Å². The van der Waals surface area contributed by atoms with Crippen LogP contribution in [-0.4, -0.2) is 19.1 Å². The largest absolute Gasteiger partial charge is 0.344 e. The number of aromatic nitrogens is 4. The van der Waals surface area contributed by atoms with Crippen molar-refractivity contribution in [1.29, 1.82) is 0 Å². The molecule has 21 heavy (non-hydrogen) atoms. The van der Waals surface area contributed by atoms with Crippen LogP contribution in [0.15, 0.2) is 29.2 Å². The van der Waals surface area contributed by atoms with Crippen molar-refractivity contribution in [2.45, 2.75) is 19.8 Å². The molecule has 4 rings (SSSR count). The number of imidazole rings is 1. The maximum Gasteiger partial charge on any atom is 0.333 e. The number of aromatic amines is 1. The van der Waals surface area contributed by atoms with E-state index < -0.39 is 0 Å². The van der Waals surface area contributed by atoms with E-state index in [4.69, 9.17) is 0 Å². The molecule has 3 aromatic rings. The van der Waals surface area contributed by atoms with Crippen LogP contribution >= 0.6 is 0 Å². The van der Waals surface area contributed by atoms with E-state index in [0.717, 1.165) is 46.6 Å². The van der Waals surface area contributed by atoms with Gasteiger partial charge in [0.15, 0.2) is 0 Å². The van der Waals surface area contributed by atoms with Crippen molar-refractivity contribution in [3.63, 3.8) is 0 Å². The minimum Gasteiger partial charge on any atom is -0.344 e. The van der Waals surface area contributed by atoms with Gasteiger partial charge in [0.05, 0.1) is 23.3 Å². The average molecular weight is 280 g/mol. The van der Waals surface area contributed by atoms with Crippen molar-refractivity contribution in [1.82, 2.24) is 19.1 Å². The summed E-state index contributed by atoms with van der Waals surface area (Å²) in [5, 5.41) is 1.03. The summed E-state index contributed by atoms with van der Waals surface area (Å²) in [6.07, 6.45) is 7.76. The lowest BCUT2D eigenvalue weighted by Crippen LogP contribution is -2.22. The summed E-state index contributed by atoms with van der Waals surface area (Å²) in [6.45, 7) is 2.00. The summed E-state index contributed by atoms with van der Waals surface area (Å²) in [7, 11) is 1.82. The van der Waals surface area contributed by atoms with E-state index in [1.165, 1.54) is 0 Å². The lowest BCUT2D eigenvalue weighted by Gasteiger charge is -2.10. The smallest absolute Gasteiger partial charge is 0.333 e. The molecule has 0 radical (unpaired) electrons. The van der Waals surface area contributed by atoms with Crippen molar-refractivity contribution in [3.05, 3.63) is 52.0 Å². The minimum atomic E-state index is -0.0139. The molecule has 3 heterocycles. The second-order valence-electron chi connectivity index (χ2n) is 5.53. The monoisotopic (exact) mass is 280 g/mol. The fourth-order valence-corrected chi connectivity index (χ4v) is 3.07. The molecule has 5 nitrogen and oxygen atoms in total. The van der Waals surface area contributed by atoms with Crippen LogP contribution in [0.3, 0.4) is 0 Å². The zero-order valence-corrected chi connectivity index (χ0v) is 12.1. The van der Waals surface area contributed by atoms with E-state index in [-0.39, 0.29) is 5.69 Å². The summed E-state index contributed by atoms with van der Waals surface area (Å²) >= 11 is 0. The molecule has 0 saturated carbocycles. The second kappa shape index (κ2) is 4.22. The third-order valence-electron chi connectivity index (χ3n) is 4.08. The molecule has 0 atom stereocenters. The average Bonchev–Trinajstić information content (AvgIpc) is 2.97. The molecule has 0 bridgehead atoms. The standard InChI is InChI=1S/C16H16N4O/c1-10-7-11-8-12(9-17-15(11)18-10)20-14-6-4-3-5-13(14)19(2)16(20)21/h3,5,7-9H,4,6H2,1-2H3,(H,17,18). The number of H-pyrrole nitrogens is 1. The first-order valence-corrected chi connectivity index (χ1v) is 7.08. The Hall–Kier alpha value is -2.56. The molecule has 5 heteroatoms. The molecule has 0 aliphatic heterocycles. The Bertz CT molecular complexity index is 939. The van der Waals surface area contributed by atoms with Gasteiger partial charge < -0.3 is 4.98 Å². The number of hydrogen-bond donors (Lipinski definition) is 1. The number of nitrogens with one attached hydrogen (secondary N) is 1. The lowest BCUT2D eigenvalue weighted by atomic mass is 10.1. The maximum atomic E-state index is 12.6. The van der Waals surface area contributed by atoms with Crippen LogP contribution < -0.4 is 5.69 Å². The topological polar surface area (TPSA) is 55.6 Å². The molecule has 0 spiro atoms. The zero-order valence-electron chi connectivity index (χ0n) is 12.1. The quantitative estimate of drug-likeness (QED) is 0.743. The van der Waals surface area contributed by atoms with Crippen molar-refractivity contribution >= 4 is 17.1 Å². The van der Waals surface area contributed by atoms with E-state index in [1.807, 2.05) is 32.2 Å². The summed E-state index contributed by atoms with van der Waals surface area (Å²) in [5.41, 5.74) is 4.81. The van der Waals surface area contributed by atoms with Gasteiger partial charge in [0, 0.05) is 18.1 Å². The third-order valence-corrected chi connectivity index (χ3v) is 4.08. The van der Waals surface area contributed by atoms with Crippen LogP contribution in [0.4, 0.5) is 0 Å². The molecule has 3 aromatic heterocycles. The molecule has 106 valence electrons. The number of aryl methyl sites for hydroxylation is 1. The zero-order chi connectivity index (χ0) is 14.6. The number of rotatable bonds is 1. The first-order chi connectivity index (χ1) is 10.1. The highest BCUT2D eigenvalue weighted by Crippen LogP contribution is 2.22. The van der Waals surface area contributed by atoms with Crippen molar-refractivity contribution in [3.8, 4) is 5.69 Å². The fourth-order valence-electron chi connectivity index (χ4n) is 3.07. The van der Waals surface area contributed by atoms with E-state index in [0.29, 0.717) is 0 Å². The van der Waals surface area contributed by atoms with Gasteiger partial charge in [0.2, 0.25) is 0 Å².